The molecule has 0 bridgehead atoms. The lowest BCUT2D eigenvalue weighted by atomic mass is 10.0. The van der Waals surface area contributed by atoms with Crippen LogP contribution in [0.5, 0.6) is 0 Å². The van der Waals surface area contributed by atoms with Gasteiger partial charge in [0.15, 0.2) is 0 Å². The van der Waals surface area contributed by atoms with Gasteiger partial charge in [0.25, 0.3) is 0 Å². The van der Waals surface area contributed by atoms with E-state index >= 15 is 0 Å². The first-order valence-electron chi connectivity index (χ1n) is 6.82. The van der Waals surface area contributed by atoms with Crippen molar-refractivity contribution in [2.24, 2.45) is 5.92 Å². The molecule has 0 aromatic heterocycles. The van der Waals surface area contributed by atoms with E-state index in [1.54, 1.807) is 0 Å². The molecule has 22 heavy (non-hydrogen) atoms. The van der Waals surface area contributed by atoms with Gasteiger partial charge in [-0.25, -0.2) is 0 Å². The first kappa shape index (κ1) is 17.7. The normalized spacial score (nSPS) is 10.2. The van der Waals surface area contributed by atoms with Crippen molar-refractivity contribution in [2.75, 3.05) is 14.2 Å². The van der Waals surface area contributed by atoms with E-state index in [-0.39, 0.29) is 19.4 Å². The quantitative estimate of drug-likeness (QED) is 0.564. The van der Waals surface area contributed by atoms with Gasteiger partial charge in [-0.15, -0.1) is 0 Å². The number of methoxy groups -OCH3 is 2. The Bertz CT molecular complexity index is 519. The predicted molar refractivity (Wildman–Crippen MR) is 77.7 cm³/mol. The molecule has 6 heteroatoms. The first-order valence-corrected chi connectivity index (χ1v) is 6.82. The van der Waals surface area contributed by atoms with Gasteiger partial charge in [0.2, 0.25) is 0 Å². The first-order chi connectivity index (χ1) is 10.5. The molecule has 0 spiro atoms. The van der Waals surface area contributed by atoms with Gasteiger partial charge >= 0.3 is 17.9 Å². The molecular weight excluding hydrogens is 288 g/mol. The van der Waals surface area contributed by atoms with Crippen molar-refractivity contribution in [3.63, 3.8) is 0 Å². The maximum absolute atomic E-state index is 12.1. The van der Waals surface area contributed by atoms with Crippen LogP contribution < -0.4 is 0 Å². The number of benzene rings is 1. The highest BCUT2D eigenvalue weighted by molar-refractivity contribution is 5.84. The number of aryl methyl sites for hydroxylation is 1. The van der Waals surface area contributed by atoms with E-state index in [4.69, 9.17) is 4.74 Å². The number of rotatable bonds is 7. The molecule has 1 aromatic carbocycles. The third kappa shape index (κ3) is 5.55. The van der Waals surface area contributed by atoms with Gasteiger partial charge < -0.3 is 14.2 Å². The van der Waals surface area contributed by atoms with Crippen LogP contribution in [0.4, 0.5) is 0 Å². The zero-order chi connectivity index (χ0) is 16.5. The van der Waals surface area contributed by atoms with Crippen molar-refractivity contribution in [2.45, 2.75) is 26.4 Å². The second kappa shape index (κ2) is 8.81. The third-order valence-electron chi connectivity index (χ3n) is 3.25. The Hall–Kier alpha value is -2.37. The Labute approximate surface area is 129 Å². The van der Waals surface area contributed by atoms with Crippen molar-refractivity contribution >= 4 is 17.9 Å². The molecule has 0 aliphatic rings. The highest BCUT2D eigenvalue weighted by atomic mass is 16.5. The second-order valence-corrected chi connectivity index (χ2v) is 4.79. The number of hydrogen-bond donors (Lipinski definition) is 0. The highest BCUT2D eigenvalue weighted by Crippen LogP contribution is 2.15. The standard InChI is InChI=1S/C16H20O6/c1-11-6-4-5-7-12(11)10-22-16(19)13(8-14(17)20-2)9-15(18)21-3/h4-7,13H,8-10H2,1-3H3. The summed E-state index contributed by atoms with van der Waals surface area (Å²) >= 11 is 0. The van der Waals surface area contributed by atoms with E-state index in [9.17, 15) is 14.4 Å². The van der Waals surface area contributed by atoms with Crippen molar-refractivity contribution < 1.29 is 28.6 Å². The summed E-state index contributed by atoms with van der Waals surface area (Å²) < 4.78 is 14.3. The summed E-state index contributed by atoms with van der Waals surface area (Å²) in [6, 6.07) is 7.48. The molecule has 0 N–H and O–H groups in total. The topological polar surface area (TPSA) is 78.9 Å². The van der Waals surface area contributed by atoms with Gasteiger partial charge in [0.05, 0.1) is 33.0 Å². The summed E-state index contributed by atoms with van der Waals surface area (Å²) in [4.78, 5) is 34.8. The van der Waals surface area contributed by atoms with Crippen LogP contribution in [0, 0.1) is 12.8 Å². The summed E-state index contributed by atoms with van der Waals surface area (Å²) in [7, 11) is 2.44. The maximum atomic E-state index is 12.1. The molecule has 0 heterocycles. The number of hydrogen-bond acceptors (Lipinski definition) is 6. The van der Waals surface area contributed by atoms with Crippen molar-refractivity contribution in [1.29, 1.82) is 0 Å². The summed E-state index contributed by atoms with van der Waals surface area (Å²) in [6.45, 7) is 1.99. The SMILES string of the molecule is COC(=O)CC(CC(=O)OC)C(=O)OCc1ccccc1C. The number of esters is 3. The van der Waals surface area contributed by atoms with Gasteiger partial charge in [0, 0.05) is 0 Å². The van der Waals surface area contributed by atoms with Crippen LogP contribution in [-0.4, -0.2) is 32.1 Å². The molecule has 0 aliphatic carbocycles. The van der Waals surface area contributed by atoms with Gasteiger partial charge in [0.1, 0.15) is 6.61 Å². The van der Waals surface area contributed by atoms with Crippen LogP contribution in [0.3, 0.4) is 0 Å². The van der Waals surface area contributed by atoms with Crippen LogP contribution >= 0.6 is 0 Å². The fourth-order valence-corrected chi connectivity index (χ4v) is 1.85. The Kier molecular flexibility index (Phi) is 7.08. The molecule has 1 rings (SSSR count). The summed E-state index contributed by atoms with van der Waals surface area (Å²) in [6.07, 6.45) is -0.448. The van der Waals surface area contributed by atoms with Crippen LogP contribution in [0.25, 0.3) is 0 Å². The number of carbonyl (C=O) groups excluding carboxylic acids is 3. The molecule has 6 nitrogen and oxygen atoms in total. The lowest BCUT2D eigenvalue weighted by molar-refractivity contribution is -0.158. The molecular formula is C16H20O6. The molecule has 0 unspecified atom stereocenters. The van der Waals surface area contributed by atoms with E-state index in [1.165, 1.54) is 14.2 Å². The summed E-state index contributed by atoms with van der Waals surface area (Å²) in [5, 5.41) is 0. The van der Waals surface area contributed by atoms with Crippen molar-refractivity contribution in [3.05, 3.63) is 35.4 Å². The fraction of sp³-hybridized carbons (Fsp3) is 0.438. The Morgan fingerprint density at radius 2 is 1.55 bits per heavy atom. The molecule has 1 aromatic rings. The molecule has 0 radical (unpaired) electrons. The van der Waals surface area contributed by atoms with Crippen molar-refractivity contribution in [3.8, 4) is 0 Å². The van der Waals surface area contributed by atoms with Crippen LogP contribution in [0.1, 0.15) is 24.0 Å². The van der Waals surface area contributed by atoms with Gasteiger partial charge in [-0.1, -0.05) is 24.3 Å². The average molecular weight is 308 g/mol. The van der Waals surface area contributed by atoms with E-state index in [0.29, 0.717) is 0 Å². The summed E-state index contributed by atoms with van der Waals surface area (Å²) in [5.41, 5.74) is 1.86. The summed E-state index contributed by atoms with van der Waals surface area (Å²) in [5.74, 6) is -2.70. The predicted octanol–water partition coefficient (Wildman–Crippen LogP) is 1.78. The van der Waals surface area contributed by atoms with E-state index in [1.807, 2.05) is 31.2 Å². The van der Waals surface area contributed by atoms with Crippen LogP contribution in [-0.2, 0) is 35.2 Å². The highest BCUT2D eigenvalue weighted by Gasteiger charge is 2.27. The minimum absolute atomic E-state index is 0.0877. The van der Waals surface area contributed by atoms with E-state index < -0.39 is 23.8 Å². The Morgan fingerprint density at radius 3 is 2.05 bits per heavy atom. The van der Waals surface area contributed by atoms with Crippen LogP contribution in [0.15, 0.2) is 24.3 Å². The maximum Gasteiger partial charge on any atom is 0.310 e. The number of carbonyl (C=O) groups is 3. The fourth-order valence-electron chi connectivity index (χ4n) is 1.85. The number of ether oxygens (including phenoxy) is 3. The molecule has 0 fully saturated rings. The Morgan fingerprint density at radius 1 is 1.00 bits per heavy atom. The lowest BCUT2D eigenvalue weighted by Gasteiger charge is -2.14. The third-order valence-corrected chi connectivity index (χ3v) is 3.25. The van der Waals surface area contributed by atoms with E-state index in [2.05, 4.69) is 9.47 Å². The minimum atomic E-state index is -0.913. The smallest absolute Gasteiger partial charge is 0.310 e. The van der Waals surface area contributed by atoms with Gasteiger partial charge in [-0.2, -0.15) is 0 Å². The molecule has 0 saturated heterocycles. The largest absolute Gasteiger partial charge is 0.469 e. The zero-order valence-electron chi connectivity index (χ0n) is 13.0. The van der Waals surface area contributed by atoms with Gasteiger partial charge in [-0.3, -0.25) is 14.4 Å². The molecule has 120 valence electrons. The van der Waals surface area contributed by atoms with Crippen LogP contribution in [0.2, 0.25) is 0 Å². The molecule has 0 atom stereocenters. The van der Waals surface area contributed by atoms with E-state index in [0.717, 1.165) is 11.1 Å². The lowest BCUT2D eigenvalue weighted by Crippen LogP contribution is -2.25. The molecule has 0 aliphatic heterocycles. The zero-order valence-corrected chi connectivity index (χ0v) is 13.0. The monoisotopic (exact) mass is 308 g/mol. The molecule has 0 amide bonds. The minimum Gasteiger partial charge on any atom is -0.469 e. The molecule has 0 saturated carbocycles. The Balaban J connectivity index is 2.68. The average Bonchev–Trinajstić information content (AvgIpc) is 2.52. The van der Waals surface area contributed by atoms with Crippen molar-refractivity contribution in [1.82, 2.24) is 0 Å². The second-order valence-electron chi connectivity index (χ2n) is 4.79. The van der Waals surface area contributed by atoms with Gasteiger partial charge in [-0.05, 0) is 18.1 Å².